The fourth-order valence-electron chi connectivity index (χ4n) is 4.35. The van der Waals surface area contributed by atoms with Gasteiger partial charge in [-0.15, -0.1) is 11.3 Å². The van der Waals surface area contributed by atoms with E-state index < -0.39 is 0 Å². The van der Waals surface area contributed by atoms with Crippen molar-refractivity contribution in [1.82, 2.24) is 19.4 Å². The third kappa shape index (κ3) is 4.85. The highest BCUT2D eigenvalue weighted by atomic mass is 32.1. The molecule has 1 amide bonds. The normalized spacial score (nSPS) is 15.5. The van der Waals surface area contributed by atoms with Gasteiger partial charge in [-0.1, -0.05) is 12.1 Å². The van der Waals surface area contributed by atoms with Crippen LogP contribution in [0, 0.1) is 12.7 Å². The van der Waals surface area contributed by atoms with Gasteiger partial charge in [0, 0.05) is 37.6 Å². The minimum atomic E-state index is -0.344. The Morgan fingerprint density at radius 1 is 1.14 bits per heavy atom. The van der Waals surface area contributed by atoms with Crippen LogP contribution in [0.3, 0.4) is 0 Å². The zero-order chi connectivity index (χ0) is 24.4. The minimum absolute atomic E-state index is 0.0399. The van der Waals surface area contributed by atoms with E-state index in [1.165, 1.54) is 23.5 Å². The molecule has 0 unspecified atom stereocenters. The number of hydrogen-bond donors (Lipinski definition) is 2. The molecule has 182 valence electrons. The Morgan fingerprint density at radius 2 is 1.89 bits per heavy atom. The molecule has 0 radical (unpaired) electrons. The first-order valence-corrected chi connectivity index (χ1v) is 12.5. The number of thiazole rings is 1. The number of rotatable bonds is 5. The van der Waals surface area contributed by atoms with Crippen LogP contribution in [0.1, 0.15) is 24.6 Å². The second-order valence-corrected chi connectivity index (χ2v) is 9.48. The van der Waals surface area contributed by atoms with Gasteiger partial charge in [0.25, 0.3) is 0 Å². The zero-order valence-corrected chi connectivity index (χ0v) is 20.2. The van der Waals surface area contributed by atoms with Crippen LogP contribution in [0.2, 0.25) is 0 Å². The predicted molar refractivity (Wildman–Crippen MR) is 137 cm³/mol. The number of anilines is 2. The first-order chi connectivity index (χ1) is 17.1. The van der Waals surface area contributed by atoms with Gasteiger partial charge in [-0.3, -0.25) is 9.36 Å². The van der Waals surface area contributed by atoms with Crippen LogP contribution < -0.4 is 21.2 Å². The van der Waals surface area contributed by atoms with E-state index in [1.807, 2.05) is 41.1 Å². The number of halogens is 1. The van der Waals surface area contributed by atoms with E-state index in [4.69, 9.17) is 0 Å². The number of carbonyl (C=O) groups is 1. The summed E-state index contributed by atoms with van der Waals surface area (Å²) in [7, 11) is 0. The van der Waals surface area contributed by atoms with Gasteiger partial charge in [0.2, 0.25) is 6.41 Å². The number of nitrogens with one attached hydrogen (secondary N) is 2. The highest BCUT2D eigenvalue weighted by Crippen LogP contribution is 2.36. The first-order valence-electron chi connectivity index (χ1n) is 11.7. The number of nitrogens with zero attached hydrogens (tertiary/aromatic N) is 4. The Morgan fingerprint density at radius 3 is 2.54 bits per heavy atom. The molecule has 0 atom stereocenters. The molecule has 8 nitrogen and oxygen atoms in total. The van der Waals surface area contributed by atoms with Crippen LogP contribution in [-0.4, -0.2) is 46.7 Å². The lowest BCUT2D eigenvalue weighted by molar-refractivity contribution is -0.105. The second-order valence-electron chi connectivity index (χ2n) is 8.64. The van der Waals surface area contributed by atoms with Gasteiger partial charge in [0.05, 0.1) is 28.1 Å². The number of aryl methyl sites for hydroxylation is 1. The molecule has 10 heteroatoms. The van der Waals surface area contributed by atoms with E-state index in [0.29, 0.717) is 18.1 Å². The highest BCUT2D eigenvalue weighted by Gasteiger charge is 2.29. The van der Waals surface area contributed by atoms with Gasteiger partial charge in [0.1, 0.15) is 5.82 Å². The summed E-state index contributed by atoms with van der Waals surface area (Å²) in [4.78, 5) is 29.7. The van der Waals surface area contributed by atoms with Crippen LogP contribution in [0.25, 0.3) is 16.2 Å². The minimum Gasteiger partial charge on any atom is -0.367 e. The number of imidazole rings is 1. The average Bonchev–Trinajstić information content (AvgIpc) is 3.54. The van der Waals surface area contributed by atoms with E-state index in [-0.39, 0.29) is 11.5 Å². The average molecular weight is 495 g/mol. The van der Waals surface area contributed by atoms with Crippen LogP contribution in [0.15, 0.2) is 52.6 Å². The maximum absolute atomic E-state index is 13.1. The van der Waals surface area contributed by atoms with Crippen molar-refractivity contribution in [2.45, 2.75) is 25.8 Å². The molecule has 3 heterocycles. The summed E-state index contributed by atoms with van der Waals surface area (Å²) in [5, 5.41) is 8.51. The van der Waals surface area contributed by atoms with E-state index in [1.54, 1.807) is 10.6 Å². The Bertz CT molecular complexity index is 1400. The maximum Gasteiger partial charge on any atom is 0.335 e. The molecule has 2 aromatic carbocycles. The smallest absolute Gasteiger partial charge is 0.335 e. The summed E-state index contributed by atoms with van der Waals surface area (Å²) >= 11 is 1.52. The van der Waals surface area contributed by atoms with Crippen molar-refractivity contribution >= 4 is 40.2 Å². The summed E-state index contributed by atoms with van der Waals surface area (Å²) in [6, 6.07) is 12.8. The molecule has 1 aliphatic carbocycles. The lowest BCUT2D eigenvalue weighted by Crippen LogP contribution is -2.43. The SMILES string of the molecule is Cc1csc(-n2c(=O)n(C3CC3)c3ccccc32)n1.O=CNc1cc(F)ccc1N1CCNCC1. The van der Waals surface area contributed by atoms with Crippen LogP contribution in [0.4, 0.5) is 15.8 Å². The molecular formula is C25H27FN6O2S. The summed E-state index contributed by atoms with van der Waals surface area (Å²) in [6.45, 7) is 5.47. The van der Waals surface area contributed by atoms with Crippen molar-refractivity contribution in [3.63, 3.8) is 0 Å². The Kier molecular flexibility index (Phi) is 6.65. The van der Waals surface area contributed by atoms with Crippen molar-refractivity contribution in [1.29, 1.82) is 0 Å². The molecule has 6 rings (SSSR count). The number of benzene rings is 2. The van der Waals surface area contributed by atoms with E-state index >= 15 is 0 Å². The molecule has 35 heavy (non-hydrogen) atoms. The number of hydrogen-bond acceptors (Lipinski definition) is 6. The first kappa shape index (κ1) is 23.3. The number of aromatic nitrogens is 3. The lowest BCUT2D eigenvalue weighted by atomic mass is 10.2. The molecule has 1 saturated heterocycles. The molecule has 4 aromatic rings. The van der Waals surface area contributed by atoms with Crippen LogP contribution >= 0.6 is 11.3 Å². The van der Waals surface area contributed by atoms with Crippen LogP contribution in [0.5, 0.6) is 0 Å². The Labute approximate surface area is 206 Å². The lowest BCUT2D eigenvalue weighted by Gasteiger charge is -2.30. The summed E-state index contributed by atoms with van der Waals surface area (Å²) in [5.41, 5.74) is 4.36. The third-order valence-corrected chi connectivity index (χ3v) is 7.06. The fraction of sp³-hybridized carbons (Fsp3) is 0.320. The standard InChI is InChI=1S/C14H13N3OS.C11H14FN3O/c1-9-8-19-13(15-9)17-12-5-3-2-4-11(12)16(14(17)18)10-6-7-10;12-9-1-2-11(10(7-9)14-8-16)15-5-3-13-4-6-15/h2-5,8,10H,6-7H2,1H3;1-2,7-8,13H,3-6H2,(H,14,16). The number of para-hydroxylation sites is 2. The molecule has 1 aliphatic heterocycles. The second kappa shape index (κ2) is 10.0. The third-order valence-electron chi connectivity index (χ3n) is 6.12. The quantitative estimate of drug-likeness (QED) is 0.414. The summed E-state index contributed by atoms with van der Waals surface area (Å²) in [6.07, 6.45) is 2.77. The molecule has 2 fully saturated rings. The Hall–Kier alpha value is -3.50. The molecular weight excluding hydrogens is 467 g/mol. The maximum atomic E-state index is 13.1. The van der Waals surface area contributed by atoms with Gasteiger partial charge in [-0.25, -0.2) is 18.7 Å². The number of fused-ring (bicyclic) bond motifs is 1. The molecule has 1 saturated carbocycles. The molecule has 0 bridgehead atoms. The van der Waals surface area contributed by atoms with Crippen molar-refractivity contribution in [2.75, 3.05) is 36.4 Å². The van der Waals surface area contributed by atoms with Gasteiger partial charge < -0.3 is 15.5 Å². The number of carbonyl (C=O) groups excluding carboxylic acids is 1. The van der Waals surface area contributed by atoms with Gasteiger partial charge in [-0.2, -0.15) is 0 Å². The van der Waals surface area contributed by atoms with Crippen molar-refractivity contribution in [3.8, 4) is 5.13 Å². The largest absolute Gasteiger partial charge is 0.367 e. The topological polar surface area (TPSA) is 84.2 Å². The van der Waals surface area contributed by atoms with Gasteiger partial charge in [0.15, 0.2) is 5.13 Å². The molecule has 2 aliphatic rings. The van der Waals surface area contributed by atoms with E-state index in [2.05, 4.69) is 20.5 Å². The van der Waals surface area contributed by atoms with Crippen molar-refractivity contribution in [2.24, 2.45) is 0 Å². The van der Waals surface area contributed by atoms with Gasteiger partial charge >= 0.3 is 5.69 Å². The van der Waals surface area contributed by atoms with Crippen molar-refractivity contribution < 1.29 is 9.18 Å². The monoisotopic (exact) mass is 494 g/mol. The fourth-order valence-corrected chi connectivity index (χ4v) is 5.16. The zero-order valence-electron chi connectivity index (χ0n) is 19.4. The number of piperazine rings is 1. The van der Waals surface area contributed by atoms with Gasteiger partial charge in [-0.05, 0) is 50.1 Å². The van der Waals surface area contributed by atoms with Crippen LogP contribution in [-0.2, 0) is 4.79 Å². The molecule has 0 spiro atoms. The van der Waals surface area contributed by atoms with Crippen molar-refractivity contribution in [3.05, 3.63) is 69.8 Å². The summed E-state index contributed by atoms with van der Waals surface area (Å²) < 4.78 is 16.7. The molecule has 2 aromatic heterocycles. The summed E-state index contributed by atoms with van der Waals surface area (Å²) in [5.74, 6) is -0.344. The predicted octanol–water partition coefficient (Wildman–Crippen LogP) is 3.70. The van der Waals surface area contributed by atoms with E-state index in [0.717, 1.165) is 66.6 Å². The number of amides is 1. The molecule has 2 N–H and O–H groups in total. The Balaban J connectivity index is 0.000000148. The highest BCUT2D eigenvalue weighted by molar-refractivity contribution is 7.12. The van der Waals surface area contributed by atoms with E-state index in [9.17, 15) is 14.0 Å².